The quantitative estimate of drug-likeness (QED) is 0.360. The highest BCUT2D eigenvalue weighted by Gasteiger charge is 2.22. The first kappa shape index (κ1) is 18.9. The number of rotatable bonds is 6. The Morgan fingerprint density at radius 3 is 0.962 bits per heavy atom. The van der Waals surface area contributed by atoms with Crippen molar-refractivity contribution in [3.05, 3.63) is 87.9 Å². The van der Waals surface area contributed by atoms with Crippen LogP contribution in [0.25, 0.3) is 0 Å². The van der Waals surface area contributed by atoms with Crippen LogP contribution < -0.4 is 15.3 Å². The van der Waals surface area contributed by atoms with E-state index in [0.717, 1.165) is 0 Å². The van der Waals surface area contributed by atoms with Gasteiger partial charge in [0, 0.05) is 32.1 Å². The Morgan fingerprint density at radius 2 is 0.731 bits per heavy atom. The Hall–Kier alpha value is -1.84. The summed E-state index contributed by atoms with van der Waals surface area (Å²) in [6, 6.07) is 20.8. The molecule has 134 valence electrons. The molecule has 0 aliphatic heterocycles. The van der Waals surface area contributed by atoms with E-state index in [-0.39, 0.29) is 0 Å². The molecular formula is C18H15Cl3N3OP. The van der Waals surface area contributed by atoms with Gasteiger partial charge in [0.2, 0.25) is 0 Å². The van der Waals surface area contributed by atoms with E-state index in [0.29, 0.717) is 32.1 Å². The van der Waals surface area contributed by atoms with Crippen molar-refractivity contribution < 1.29 is 4.57 Å². The molecule has 0 saturated carbocycles. The fourth-order valence-corrected chi connectivity index (χ4v) is 4.29. The average molecular weight is 427 g/mol. The number of hydrogen-bond donors (Lipinski definition) is 3. The molecule has 3 aromatic carbocycles. The van der Waals surface area contributed by atoms with Crippen LogP contribution in [0.15, 0.2) is 72.8 Å². The first-order chi connectivity index (χ1) is 12.4. The van der Waals surface area contributed by atoms with Crippen molar-refractivity contribution in [2.24, 2.45) is 0 Å². The van der Waals surface area contributed by atoms with Crippen molar-refractivity contribution in [1.82, 2.24) is 0 Å². The molecule has 0 amide bonds. The van der Waals surface area contributed by atoms with Crippen LogP contribution in [-0.4, -0.2) is 0 Å². The number of hydrogen-bond acceptors (Lipinski definition) is 1. The van der Waals surface area contributed by atoms with Crippen molar-refractivity contribution >= 4 is 59.5 Å². The minimum absolute atomic E-state index is 0.599. The summed E-state index contributed by atoms with van der Waals surface area (Å²) in [5, 5.41) is 10.8. The molecule has 0 spiro atoms. The van der Waals surface area contributed by atoms with Crippen LogP contribution >= 0.6 is 42.4 Å². The molecule has 4 nitrogen and oxygen atoms in total. The lowest BCUT2D eigenvalue weighted by Crippen LogP contribution is -2.14. The Kier molecular flexibility index (Phi) is 6.00. The van der Waals surface area contributed by atoms with Crippen LogP contribution in [0.1, 0.15) is 0 Å². The molecule has 0 aromatic heterocycles. The molecular weight excluding hydrogens is 412 g/mol. The van der Waals surface area contributed by atoms with Gasteiger partial charge in [-0.25, -0.2) is 0 Å². The topological polar surface area (TPSA) is 53.2 Å². The zero-order valence-corrected chi connectivity index (χ0v) is 16.6. The fourth-order valence-electron chi connectivity index (χ4n) is 2.20. The van der Waals surface area contributed by atoms with Gasteiger partial charge in [0.1, 0.15) is 0 Å². The van der Waals surface area contributed by atoms with Gasteiger partial charge in [-0.1, -0.05) is 34.8 Å². The van der Waals surface area contributed by atoms with Gasteiger partial charge in [-0.3, -0.25) is 4.57 Å². The fraction of sp³-hybridized carbons (Fsp3) is 0. The lowest BCUT2D eigenvalue weighted by Gasteiger charge is -2.24. The van der Waals surface area contributed by atoms with E-state index in [2.05, 4.69) is 15.3 Å². The summed E-state index contributed by atoms with van der Waals surface area (Å²) in [6.45, 7) is 0. The summed E-state index contributed by atoms with van der Waals surface area (Å²) in [6.07, 6.45) is 0. The van der Waals surface area contributed by atoms with Crippen molar-refractivity contribution in [3.63, 3.8) is 0 Å². The van der Waals surface area contributed by atoms with Crippen LogP contribution in [0.4, 0.5) is 17.1 Å². The second-order valence-electron chi connectivity index (χ2n) is 5.47. The van der Waals surface area contributed by atoms with Crippen molar-refractivity contribution in [1.29, 1.82) is 0 Å². The van der Waals surface area contributed by atoms with E-state index in [4.69, 9.17) is 34.8 Å². The summed E-state index contributed by atoms with van der Waals surface area (Å²) in [5.41, 5.74) is 1.96. The maximum Gasteiger partial charge on any atom is 0.352 e. The molecule has 8 heteroatoms. The molecule has 0 saturated heterocycles. The van der Waals surface area contributed by atoms with E-state index >= 15 is 0 Å². The highest BCUT2D eigenvalue weighted by Crippen LogP contribution is 2.45. The van der Waals surface area contributed by atoms with Crippen LogP contribution in [0.3, 0.4) is 0 Å². The molecule has 0 bridgehead atoms. The van der Waals surface area contributed by atoms with Crippen LogP contribution in [0.5, 0.6) is 0 Å². The molecule has 0 heterocycles. The molecule has 0 atom stereocenters. The smallest absolute Gasteiger partial charge is 0.304 e. The maximum absolute atomic E-state index is 13.5. The molecule has 3 aromatic rings. The predicted molar refractivity (Wildman–Crippen MR) is 113 cm³/mol. The lowest BCUT2D eigenvalue weighted by molar-refractivity contribution is 0.585. The lowest BCUT2D eigenvalue weighted by atomic mass is 10.3. The van der Waals surface area contributed by atoms with Gasteiger partial charge in [0.15, 0.2) is 0 Å². The Morgan fingerprint density at radius 1 is 0.500 bits per heavy atom. The summed E-state index contributed by atoms with van der Waals surface area (Å²) in [4.78, 5) is 0. The molecule has 0 radical (unpaired) electrons. The second-order valence-corrected chi connectivity index (χ2v) is 8.66. The van der Waals surface area contributed by atoms with Crippen molar-refractivity contribution in [3.8, 4) is 0 Å². The van der Waals surface area contributed by atoms with Crippen molar-refractivity contribution in [2.45, 2.75) is 0 Å². The zero-order valence-electron chi connectivity index (χ0n) is 13.4. The summed E-state index contributed by atoms with van der Waals surface area (Å²) in [5.74, 6) is 0. The van der Waals surface area contributed by atoms with Gasteiger partial charge in [-0.05, 0) is 72.8 Å². The van der Waals surface area contributed by atoms with Gasteiger partial charge in [-0.2, -0.15) is 0 Å². The third-order valence-electron chi connectivity index (χ3n) is 3.39. The second kappa shape index (κ2) is 8.24. The minimum Gasteiger partial charge on any atom is -0.304 e. The summed E-state index contributed by atoms with van der Waals surface area (Å²) in [7, 11) is -3.31. The van der Waals surface area contributed by atoms with Gasteiger partial charge in [0.05, 0.1) is 0 Å². The monoisotopic (exact) mass is 425 g/mol. The number of halogens is 3. The van der Waals surface area contributed by atoms with Gasteiger partial charge in [0.25, 0.3) is 0 Å². The van der Waals surface area contributed by atoms with Crippen LogP contribution in [0.2, 0.25) is 15.1 Å². The first-order valence-corrected chi connectivity index (χ1v) is 10.5. The SMILES string of the molecule is O=P(Nc1ccc(Cl)cc1)(Nc1ccc(Cl)cc1)Nc1ccc(Cl)cc1. The number of anilines is 3. The number of nitrogens with one attached hydrogen (secondary N) is 3. The summed E-state index contributed by atoms with van der Waals surface area (Å²) >= 11 is 17.8. The number of benzene rings is 3. The highest BCUT2D eigenvalue weighted by atomic mass is 35.5. The molecule has 3 rings (SSSR count). The normalized spacial score (nSPS) is 11.0. The standard InChI is InChI=1S/C18H15Cl3N3OP/c19-13-1-7-16(8-2-13)22-26(25,23-17-9-3-14(20)4-10-17)24-18-11-5-15(21)6-12-18/h1-12H,(H3,22,23,24,25). The van der Waals surface area contributed by atoms with Gasteiger partial charge in [-0.15, -0.1) is 0 Å². The third-order valence-corrected chi connectivity index (χ3v) is 5.87. The molecule has 0 unspecified atom stereocenters. The third kappa shape index (κ3) is 5.33. The van der Waals surface area contributed by atoms with Gasteiger partial charge >= 0.3 is 7.59 Å². The average Bonchev–Trinajstić information content (AvgIpc) is 2.61. The largest absolute Gasteiger partial charge is 0.352 e. The molecule has 3 N–H and O–H groups in total. The molecule has 26 heavy (non-hydrogen) atoms. The first-order valence-electron chi connectivity index (χ1n) is 7.63. The Labute approximate surface area is 167 Å². The van der Waals surface area contributed by atoms with Crippen LogP contribution in [-0.2, 0) is 4.57 Å². The molecule has 0 aliphatic carbocycles. The summed E-state index contributed by atoms with van der Waals surface area (Å²) < 4.78 is 13.5. The zero-order chi connectivity index (χ0) is 18.6. The van der Waals surface area contributed by atoms with Gasteiger partial charge < -0.3 is 15.3 Å². The maximum atomic E-state index is 13.5. The van der Waals surface area contributed by atoms with E-state index in [1.54, 1.807) is 72.8 Å². The van der Waals surface area contributed by atoms with Crippen molar-refractivity contribution in [2.75, 3.05) is 15.3 Å². The van der Waals surface area contributed by atoms with E-state index in [1.165, 1.54) is 0 Å². The Balaban J connectivity index is 1.88. The highest BCUT2D eigenvalue weighted by molar-refractivity contribution is 7.68. The molecule has 0 aliphatic rings. The molecule has 0 fully saturated rings. The Bertz CT molecular complexity index is 793. The van der Waals surface area contributed by atoms with E-state index in [1.807, 2.05) is 0 Å². The van der Waals surface area contributed by atoms with Crippen LogP contribution in [0, 0.1) is 0 Å². The van der Waals surface area contributed by atoms with E-state index in [9.17, 15) is 4.57 Å². The predicted octanol–water partition coefficient (Wildman–Crippen LogP) is 7.39. The van der Waals surface area contributed by atoms with E-state index < -0.39 is 7.59 Å². The minimum atomic E-state index is -3.31.